The van der Waals surface area contributed by atoms with Gasteiger partial charge in [0.2, 0.25) is 0 Å². The fourth-order valence-corrected chi connectivity index (χ4v) is 2.12. The van der Waals surface area contributed by atoms with E-state index in [1.54, 1.807) is 18.1 Å². The summed E-state index contributed by atoms with van der Waals surface area (Å²) in [7, 11) is 1.64. The Morgan fingerprint density at radius 1 is 1.18 bits per heavy atom. The van der Waals surface area contributed by atoms with E-state index in [0.717, 1.165) is 22.8 Å². The molecule has 2 aromatic heterocycles. The van der Waals surface area contributed by atoms with E-state index in [1.807, 2.05) is 30.3 Å². The molecule has 0 bridgehead atoms. The van der Waals surface area contributed by atoms with Gasteiger partial charge in [-0.3, -0.25) is 0 Å². The average molecular weight is 296 g/mol. The minimum absolute atomic E-state index is 0.465. The number of aromatic nitrogens is 5. The molecule has 7 heteroatoms. The van der Waals surface area contributed by atoms with Gasteiger partial charge < -0.3 is 10.1 Å². The van der Waals surface area contributed by atoms with E-state index in [9.17, 15) is 0 Å². The third kappa shape index (κ3) is 3.26. The molecule has 0 atom stereocenters. The number of methoxy groups -OCH3 is 1. The highest BCUT2D eigenvalue weighted by atomic mass is 16.5. The highest BCUT2D eigenvalue weighted by molar-refractivity contribution is 5.43. The molecule has 112 valence electrons. The molecule has 22 heavy (non-hydrogen) atoms. The fraction of sp³-hybridized carbons (Fsp3) is 0.200. The lowest BCUT2D eigenvalue weighted by atomic mass is 10.2. The van der Waals surface area contributed by atoms with Crippen molar-refractivity contribution in [2.24, 2.45) is 0 Å². The zero-order valence-corrected chi connectivity index (χ0v) is 12.2. The van der Waals surface area contributed by atoms with Crippen molar-refractivity contribution in [1.82, 2.24) is 24.7 Å². The molecule has 1 aromatic carbocycles. The largest absolute Gasteiger partial charge is 0.378 e. The van der Waals surface area contributed by atoms with Crippen LogP contribution in [-0.4, -0.2) is 31.8 Å². The first kappa shape index (κ1) is 14.2. The van der Waals surface area contributed by atoms with Gasteiger partial charge in [0.05, 0.1) is 18.0 Å². The van der Waals surface area contributed by atoms with E-state index in [-0.39, 0.29) is 0 Å². The van der Waals surface area contributed by atoms with Gasteiger partial charge in [0.1, 0.15) is 24.8 Å². The maximum atomic E-state index is 5.08. The van der Waals surface area contributed by atoms with Crippen LogP contribution in [-0.2, 0) is 17.9 Å². The second kappa shape index (κ2) is 6.77. The number of ether oxygens (including phenoxy) is 1. The molecule has 0 unspecified atom stereocenters. The lowest BCUT2D eigenvalue weighted by molar-refractivity contribution is 0.181. The van der Waals surface area contributed by atoms with Gasteiger partial charge in [-0.1, -0.05) is 18.2 Å². The summed E-state index contributed by atoms with van der Waals surface area (Å²) in [6, 6.07) is 9.89. The first-order valence-electron chi connectivity index (χ1n) is 6.83. The highest BCUT2D eigenvalue weighted by Crippen LogP contribution is 2.15. The molecule has 3 rings (SSSR count). The van der Waals surface area contributed by atoms with Crippen molar-refractivity contribution in [1.29, 1.82) is 0 Å². The summed E-state index contributed by atoms with van der Waals surface area (Å²) in [6.07, 6.45) is 4.73. The number of benzene rings is 1. The predicted octanol–water partition coefficient (Wildman–Crippen LogP) is 1.82. The molecule has 1 N–H and O–H groups in total. The van der Waals surface area contributed by atoms with Crippen LogP contribution in [0.5, 0.6) is 0 Å². The van der Waals surface area contributed by atoms with Crippen molar-refractivity contribution >= 4 is 5.82 Å². The van der Waals surface area contributed by atoms with Crippen molar-refractivity contribution in [2.45, 2.75) is 13.2 Å². The molecule has 0 aliphatic rings. The van der Waals surface area contributed by atoms with Crippen LogP contribution in [0.4, 0.5) is 5.82 Å². The normalized spacial score (nSPS) is 10.6. The number of para-hydroxylation sites is 1. The Balaban J connectivity index is 1.76. The SMILES string of the molecule is COCc1cc(NCc2ccccc2-n2cncn2)ncn1. The summed E-state index contributed by atoms with van der Waals surface area (Å²) in [6.45, 7) is 1.09. The summed E-state index contributed by atoms with van der Waals surface area (Å²) in [5.41, 5.74) is 2.92. The fourth-order valence-electron chi connectivity index (χ4n) is 2.12. The Morgan fingerprint density at radius 3 is 2.91 bits per heavy atom. The van der Waals surface area contributed by atoms with Crippen molar-refractivity contribution in [3.8, 4) is 5.69 Å². The molecule has 0 saturated carbocycles. The van der Waals surface area contributed by atoms with Gasteiger partial charge in [-0.25, -0.2) is 19.6 Å². The maximum Gasteiger partial charge on any atom is 0.138 e. The molecule has 0 radical (unpaired) electrons. The number of anilines is 1. The van der Waals surface area contributed by atoms with Crippen molar-refractivity contribution in [2.75, 3.05) is 12.4 Å². The van der Waals surface area contributed by atoms with Crippen LogP contribution in [0.15, 0.2) is 49.3 Å². The standard InChI is InChI=1S/C15H16N6O/c1-22-8-13-6-15(19-10-18-13)17-7-12-4-2-3-5-14(12)21-11-16-9-20-21/h2-6,9-11H,7-8H2,1H3,(H,17,18,19). The Hall–Kier alpha value is -2.80. The molecule has 7 nitrogen and oxygen atoms in total. The van der Waals surface area contributed by atoms with Gasteiger partial charge in [-0.2, -0.15) is 5.10 Å². The zero-order chi connectivity index (χ0) is 15.2. The molecule has 0 fully saturated rings. The molecular weight excluding hydrogens is 280 g/mol. The highest BCUT2D eigenvalue weighted by Gasteiger charge is 2.05. The molecule has 3 aromatic rings. The van der Waals surface area contributed by atoms with Gasteiger partial charge in [-0.15, -0.1) is 0 Å². The zero-order valence-electron chi connectivity index (χ0n) is 12.2. The molecule has 0 aliphatic heterocycles. The average Bonchev–Trinajstić information content (AvgIpc) is 3.08. The van der Waals surface area contributed by atoms with Crippen molar-refractivity contribution in [3.05, 3.63) is 60.6 Å². The van der Waals surface area contributed by atoms with Gasteiger partial charge in [-0.05, 0) is 11.6 Å². The second-order valence-corrected chi connectivity index (χ2v) is 4.65. The molecule has 2 heterocycles. The first-order chi connectivity index (χ1) is 10.9. The number of nitrogens with one attached hydrogen (secondary N) is 1. The minimum Gasteiger partial charge on any atom is -0.378 e. The van der Waals surface area contributed by atoms with Crippen LogP contribution in [0.3, 0.4) is 0 Å². The van der Waals surface area contributed by atoms with Crippen LogP contribution in [0.25, 0.3) is 5.69 Å². The van der Waals surface area contributed by atoms with Crippen LogP contribution >= 0.6 is 0 Å². The number of rotatable bonds is 6. The van der Waals surface area contributed by atoms with Crippen molar-refractivity contribution in [3.63, 3.8) is 0 Å². The molecular formula is C15H16N6O. The number of hydrogen-bond acceptors (Lipinski definition) is 6. The van der Waals surface area contributed by atoms with Crippen LogP contribution in [0.1, 0.15) is 11.3 Å². The van der Waals surface area contributed by atoms with E-state index >= 15 is 0 Å². The summed E-state index contributed by atoms with van der Waals surface area (Å²) < 4.78 is 6.82. The maximum absolute atomic E-state index is 5.08. The van der Waals surface area contributed by atoms with Crippen LogP contribution in [0.2, 0.25) is 0 Å². The molecule has 0 saturated heterocycles. The quantitative estimate of drug-likeness (QED) is 0.747. The van der Waals surface area contributed by atoms with Gasteiger partial charge >= 0.3 is 0 Å². The number of nitrogens with zero attached hydrogens (tertiary/aromatic N) is 5. The molecule has 0 amide bonds. The van der Waals surface area contributed by atoms with E-state index < -0.39 is 0 Å². The van der Waals surface area contributed by atoms with Crippen LogP contribution in [0, 0.1) is 0 Å². The van der Waals surface area contributed by atoms with Gasteiger partial charge in [0.15, 0.2) is 0 Å². The summed E-state index contributed by atoms with van der Waals surface area (Å²) in [5.74, 6) is 0.760. The topological polar surface area (TPSA) is 77.8 Å². The van der Waals surface area contributed by atoms with Gasteiger partial charge in [0, 0.05) is 19.7 Å². The summed E-state index contributed by atoms with van der Waals surface area (Å²) in [4.78, 5) is 12.3. The second-order valence-electron chi connectivity index (χ2n) is 4.65. The Kier molecular flexibility index (Phi) is 4.35. The smallest absolute Gasteiger partial charge is 0.138 e. The predicted molar refractivity (Wildman–Crippen MR) is 81.4 cm³/mol. The Labute approximate surface area is 128 Å². The van der Waals surface area contributed by atoms with E-state index in [4.69, 9.17) is 4.74 Å². The van der Waals surface area contributed by atoms with E-state index in [1.165, 1.54) is 12.7 Å². The van der Waals surface area contributed by atoms with E-state index in [0.29, 0.717) is 13.2 Å². The van der Waals surface area contributed by atoms with Gasteiger partial charge in [0.25, 0.3) is 0 Å². The Morgan fingerprint density at radius 2 is 2.09 bits per heavy atom. The lowest BCUT2D eigenvalue weighted by Crippen LogP contribution is -2.07. The van der Waals surface area contributed by atoms with Crippen molar-refractivity contribution < 1.29 is 4.74 Å². The van der Waals surface area contributed by atoms with E-state index in [2.05, 4.69) is 25.4 Å². The third-order valence-electron chi connectivity index (χ3n) is 3.13. The minimum atomic E-state index is 0.465. The van der Waals surface area contributed by atoms with Crippen LogP contribution < -0.4 is 5.32 Å². The third-order valence-corrected chi connectivity index (χ3v) is 3.13. The monoisotopic (exact) mass is 296 g/mol. The first-order valence-corrected chi connectivity index (χ1v) is 6.83. The lowest BCUT2D eigenvalue weighted by Gasteiger charge is -2.11. The summed E-state index contributed by atoms with van der Waals surface area (Å²) >= 11 is 0. The molecule has 0 spiro atoms. The Bertz CT molecular complexity index is 728. The number of hydrogen-bond donors (Lipinski definition) is 1. The molecule has 0 aliphatic carbocycles. The summed E-state index contributed by atoms with van der Waals surface area (Å²) in [5, 5.41) is 7.47.